The average molecular weight is 581 g/mol. The van der Waals surface area contributed by atoms with Crippen LogP contribution < -0.4 is 24.8 Å². The second-order valence-electron chi connectivity index (χ2n) is 11.9. The fraction of sp³-hybridized carbons (Fsp3) is 0.667. The molecule has 0 amide bonds. The third-order valence-corrected chi connectivity index (χ3v) is 20.8. The molecule has 0 radical (unpaired) electrons. The molecule has 0 heterocycles. The fourth-order valence-electron chi connectivity index (χ4n) is 3.17. The van der Waals surface area contributed by atoms with Crippen molar-refractivity contribution >= 4 is 16.6 Å². The summed E-state index contributed by atoms with van der Waals surface area (Å²) in [5.74, 6) is 0. The number of rotatable bonds is 6. The van der Waals surface area contributed by atoms with Crippen molar-refractivity contribution in [3.63, 3.8) is 0 Å². The number of hydrogen-bond acceptors (Lipinski definition) is 2. The van der Waals surface area contributed by atoms with Gasteiger partial charge in [-0.3, -0.25) is 0 Å². The molecule has 2 atom stereocenters. The van der Waals surface area contributed by atoms with Crippen molar-refractivity contribution in [3.8, 4) is 0 Å². The Morgan fingerprint density at radius 3 is 1.16 bits per heavy atom. The predicted molar refractivity (Wildman–Crippen MR) is 128 cm³/mol. The van der Waals surface area contributed by atoms with E-state index in [1.165, 1.54) is 11.1 Å². The van der Waals surface area contributed by atoms with Crippen molar-refractivity contribution in [1.82, 2.24) is 0 Å². The molecular weight excluding hydrogens is 539 g/mol. The quantitative estimate of drug-likeness (QED) is 0.444. The molecule has 31 heavy (non-hydrogen) atoms. The van der Waals surface area contributed by atoms with E-state index in [4.69, 9.17) is 8.85 Å². The summed E-state index contributed by atoms with van der Waals surface area (Å²) in [6.07, 6.45) is 14.0. The summed E-state index contributed by atoms with van der Waals surface area (Å²) >= 11 is -1.27. The zero-order valence-corrected chi connectivity index (χ0v) is 27.5. The van der Waals surface area contributed by atoms with Crippen LogP contribution in [-0.2, 0) is 32.1 Å². The minimum absolute atomic E-state index is 0. The molecule has 0 saturated heterocycles. The molecule has 176 valence electrons. The monoisotopic (exact) mass is 578 g/mol. The van der Waals surface area contributed by atoms with Crippen LogP contribution in [0.25, 0.3) is 0 Å². The van der Waals surface area contributed by atoms with Crippen molar-refractivity contribution in [3.05, 3.63) is 47.6 Å². The van der Waals surface area contributed by atoms with E-state index in [9.17, 15) is 0 Å². The van der Waals surface area contributed by atoms with Crippen molar-refractivity contribution in [2.75, 3.05) is 0 Å². The smallest absolute Gasteiger partial charge is 1.00 e. The van der Waals surface area contributed by atoms with Gasteiger partial charge in [0.2, 0.25) is 0 Å². The Kier molecular flexibility index (Phi) is 10.4. The maximum Gasteiger partial charge on any atom is -1.00 e. The topological polar surface area (TPSA) is 18.5 Å². The van der Waals surface area contributed by atoms with Gasteiger partial charge in [0.05, 0.1) is 0 Å². The van der Waals surface area contributed by atoms with Crippen LogP contribution in [0.4, 0.5) is 0 Å². The summed E-state index contributed by atoms with van der Waals surface area (Å²) in [6, 6.07) is 0. The van der Waals surface area contributed by atoms with Gasteiger partial charge >= 0.3 is 195 Å². The van der Waals surface area contributed by atoms with E-state index in [1.807, 2.05) is 0 Å². The zero-order chi connectivity index (χ0) is 22.5. The second-order valence-corrected chi connectivity index (χ2v) is 25.8. The van der Waals surface area contributed by atoms with Crippen molar-refractivity contribution in [2.45, 2.75) is 98.3 Å². The van der Waals surface area contributed by atoms with Crippen molar-refractivity contribution < 1.29 is 56.9 Å². The Morgan fingerprint density at radius 2 is 0.968 bits per heavy atom. The normalized spacial score (nSPS) is 26.1. The molecule has 0 spiro atoms. The second kappa shape index (κ2) is 10.2. The van der Waals surface area contributed by atoms with Crippen LogP contribution in [0.3, 0.4) is 0 Å². The van der Waals surface area contributed by atoms with Crippen LogP contribution in [0.5, 0.6) is 0 Å². The summed E-state index contributed by atoms with van der Waals surface area (Å²) < 4.78 is 13.8. The minimum Gasteiger partial charge on any atom is -1.00 e. The first-order valence-corrected chi connectivity index (χ1v) is 19.1. The van der Waals surface area contributed by atoms with E-state index < -0.39 is 39.9 Å². The van der Waals surface area contributed by atoms with Crippen molar-refractivity contribution in [1.29, 1.82) is 0 Å². The van der Waals surface area contributed by atoms with Gasteiger partial charge in [-0.05, 0) is 0 Å². The summed E-state index contributed by atoms with van der Waals surface area (Å²) in [4.78, 5) is 0. The van der Waals surface area contributed by atoms with E-state index in [1.54, 1.807) is 0 Å². The van der Waals surface area contributed by atoms with Gasteiger partial charge in [-0.25, -0.2) is 0 Å². The number of hydrogen-bond donors (Lipinski definition) is 0. The molecule has 2 rings (SSSR count). The molecule has 0 aromatic heterocycles. The Balaban J connectivity index is 0.00000450. The summed E-state index contributed by atoms with van der Waals surface area (Å²) in [6.45, 7) is 27.8. The van der Waals surface area contributed by atoms with Gasteiger partial charge in [0, 0.05) is 0 Å². The summed E-state index contributed by atoms with van der Waals surface area (Å²) in [7, 11) is -3.86. The molecule has 0 aromatic rings. The minimum atomic E-state index is -1.93. The maximum absolute atomic E-state index is 7.17. The van der Waals surface area contributed by atoms with E-state index >= 15 is 0 Å². The third kappa shape index (κ3) is 7.38. The van der Waals surface area contributed by atoms with Crippen LogP contribution in [0.15, 0.2) is 47.6 Å². The van der Waals surface area contributed by atoms with E-state index in [0.29, 0.717) is 0 Å². The summed E-state index contributed by atoms with van der Waals surface area (Å²) in [5.41, 5.74) is 2.63. The van der Waals surface area contributed by atoms with Crippen molar-refractivity contribution in [2.24, 2.45) is 0 Å². The largest absolute Gasteiger partial charge is 1.00 e. The molecule has 2 aliphatic rings. The van der Waals surface area contributed by atoms with Crippen LogP contribution in [0.1, 0.15) is 55.4 Å². The third-order valence-electron chi connectivity index (χ3n) is 6.92. The van der Waals surface area contributed by atoms with Crippen LogP contribution in [0, 0.1) is 0 Å². The van der Waals surface area contributed by atoms with Gasteiger partial charge in [-0.15, -0.1) is 0 Å². The van der Waals surface area contributed by atoms with Gasteiger partial charge in [-0.1, -0.05) is 0 Å². The van der Waals surface area contributed by atoms with Gasteiger partial charge in [0.15, 0.2) is 0 Å². The molecule has 0 fully saturated rings. The molecule has 7 heteroatoms. The van der Waals surface area contributed by atoms with Gasteiger partial charge in [-0.2, -0.15) is 0 Å². The standard InChI is InChI=1S/2C12H21OSi.2ClH.Zr/c2*1-10-7-8-11(9-10)13-14(5,6)12(2,3)4;;;/h2*7-9H,1-6H3;2*1H;/q;;;;+2/p-2. The van der Waals surface area contributed by atoms with Gasteiger partial charge in [0.1, 0.15) is 0 Å². The SMILES string of the molecule is CC1=C[C](O[Si](C)(C)C(C)(C)C)([Zr+2][C]2(O[Si](C)(C)C(C)(C)C)C=CC(C)=C2)C=C1.[Cl-].[Cl-]. The molecule has 0 aliphatic heterocycles. The first-order chi connectivity index (χ1) is 12.8. The molecule has 0 saturated carbocycles. The van der Waals surface area contributed by atoms with E-state index in [-0.39, 0.29) is 41.5 Å². The Hall–Kier alpha value is 0.777. The number of allylic oxidation sites excluding steroid dienone is 4. The molecule has 2 nitrogen and oxygen atoms in total. The van der Waals surface area contributed by atoms with Crippen LogP contribution >= 0.6 is 0 Å². The molecule has 0 bridgehead atoms. The Bertz CT molecular complexity index is 709. The van der Waals surface area contributed by atoms with Gasteiger partial charge in [0.25, 0.3) is 0 Å². The maximum atomic E-state index is 7.17. The first kappa shape index (κ1) is 31.8. The Morgan fingerprint density at radius 1 is 0.677 bits per heavy atom. The molecule has 2 unspecified atom stereocenters. The molecule has 0 N–H and O–H groups in total. The average Bonchev–Trinajstić information content (AvgIpc) is 2.99. The van der Waals surface area contributed by atoms with E-state index in [2.05, 4.69) is 118 Å². The predicted octanol–water partition coefficient (Wildman–Crippen LogP) is 1.55. The zero-order valence-electron chi connectivity index (χ0n) is 21.5. The van der Waals surface area contributed by atoms with Crippen LogP contribution in [0.2, 0.25) is 36.3 Å². The molecular formula is C24H42Cl2O2Si2Zr. The van der Waals surface area contributed by atoms with Crippen LogP contribution in [-0.4, -0.2) is 23.3 Å². The first-order valence-electron chi connectivity index (χ1n) is 10.8. The molecule has 0 aromatic carbocycles. The fourth-order valence-corrected chi connectivity index (χ4v) is 14.1. The van der Waals surface area contributed by atoms with Gasteiger partial charge < -0.3 is 24.8 Å². The Labute approximate surface area is 218 Å². The molecule has 2 aliphatic carbocycles. The summed E-state index contributed by atoms with van der Waals surface area (Å²) in [5, 5.41) is 0.366. The van der Waals surface area contributed by atoms with E-state index in [0.717, 1.165) is 0 Å². The number of halogens is 2.